The smallest absolute Gasteiger partial charge is 0.161 e. The molecule has 3 aromatic rings. The zero-order valence-corrected chi connectivity index (χ0v) is 17.4. The Labute approximate surface area is 177 Å². The van der Waals surface area contributed by atoms with Crippen molar-refractivity contribution in [2.75, 3.05) is 33.4 Å². The summed E-state index contributed by atoms with van der Waals surface area (Å²) < 4.78 is 17.0. The average molecular weight is 411 g/mol. The highest BCUT2D eigenvalue weighted by molar-refractivity contribution is 5.90. The van der Waals surface area contributed by atoms with E-state index in [0.717, 1.165) is 24.1 Å². The van der Waals surface area contributed by atoms with Gasteiger partial charge in [0, 0.05) is 29.7 Å². The van der Waals surface area contributed by atoms with E-state index >= 15 is 0 Å². The van der Waals surface area contributed by atoms with Crippen LogP contribution in [0.2, 0.25) is 0 Å². The van der Waals surface area contributed by atoms with Crippen molar-refractivity contribution in [2.24, 2.45) is 0 Å². The first-order valence-electron chi connectivity index (χ1n) is 10.7. The predicted octanol–water partition coefficient (Wildman–Crippen LogP) is 3.46. The third-order valence-corrected chi connectivity index (χ3v) is 5.50. The molecule has 0 amide bonds. The van der Waals surface area contributed by atoms with Gasteiger partial charge in [0.1, 0.15) is 25.1 Å². The number of aliphatic hydroxyl groups excluding tert-OH is 1. The van der Waals surface area contributed by atoms with Crippen LogP contribution in [0.4, 0.5) is 0 Å². The summed E-state index contributed by atoms with van der Waals surface area (Å²) in [6.07, 6.45) is 4.05. The normalized spacial score (nSPS) is 14.3. The SMILES string of the molecule is COc1ccccc1OCCNC[C@@H](O)COc1cccc2[nH]c3c(c12)CCCC3. The molecule has 0 unspecified atom stereocenters. The zero-order valence-electron chi connectivity index (χ0n) is 17.4. The van der Waals surface area contributed by atoms with Crippen LogP contribution in [0.3, 0.4) is 0 Å². The fourth-order valence-electron chi connectivity index (χ4n) is 4.03. The molecular formula is C24H30N2O4. The van der Waals surface area contributed by atoms with E-state index in [4.69, 9.17) is 14.2 Å². The minimum Gasteiger partial charge on any atom is -0.493 e. The first-order chi connectivity index (χ1) is 14.8. The number of aliphatic hydroxyl groups is 1. The molecule has 0 fully saturated rings. The molecule has 1 heterocycles. The second-order valence-corrected chi connectivity index (χ2v) is 7.64. The molecule has 0 spiro atoms. The summed E-state index contributed by atoms with van der Waals surface area (Å²) in [6.45, 7) is 1.80. The minimum absolute atomic E-state index is 0.249. The van der Waals surface area contributed by atoms with E-state index in [2.05, 4.69) is 16.4 Å². The lowest BCUT2D eigenvalue weighted by atomic mass is 9.95. The van der Waals surface area contributed by atoms with Crippen molar-refractivity contribution < 1.29 is 19.3 Å². The van der Waals surface area contributed by atoms with Crippen LogP contribution < -0.4 is 19.5 Å². The Balaban J connectivity index is 1.23. The van der Waals surface area contributed by atoms with Crippen molar-refractivity contribution in [1.82, 2.24) is 10.3 Å². The number of hydrogen-bond acceptors (Lipinski definition) is 5. The summed E-state index contributed by atoms with van der Waals surface area (Å²) >= 11 is 0. The van der Waals surface area contributed by atoms with Crippen molar-refractivity contribution in [3.8, 4) is 17.2 Å². The maximum absolute atomic E-state index is 10.3. The van der Waals surface area contributed by atoms with Gasteiger partial charge < -0.3 is 29.6 Å². The largest absolute Gasteiger partial charge is 0.493 e. The number of nitrogens with one attached hydrogen (secondary N) is 2. The highest BCUT2D eigenvalue weighted by Crippen LogP contribution is 2.35. The van der Waals surface area contributed by atoms with Crippen LogP contribution in [0.1, 0.15) is 24.1 Å². The Morgan fingerprint density at radius 3 is 2.67 bits per heavy atom. The average Bonchev–Trinajstić information content (AvgIpc) is 3.17. The van der Waals surface area contributed by atoms with Gasteiger partial charge in [0.15, 0.2) is 11.5 Å². The van der Waals surface area contributed by atoms with Crippen molar-refractivity contribution >= 4 is 10.9 Å². The van der Waals surface area contributed by atoms with E-state index in [1.807, 2.05) is 36.4 Å². The number of para-hydroxylation sites is 2. The summed E-state index contributed by atoms with van der Waals surface area (Å²) in [6, 6.07) is 13.7. The molecule has 1 atom stereocenters. The van der Waals surface area contributed by atoms with Gasteiger partial charge in [-0.25, -0.2) is 0 Å². The van der Waals surface area contributed by atoms with Crippen LogP contribution in [-0.4, -0.2) is 49.6 Å². The lowest BCUT2D eigenvalue weighted by Gasteiger charge is -2.16. The highest BCUT2D eigenvalue weighted by Gasteiger charge is 2.18. The van der Waals surface area contributed by atoms with Gasteiger partial charge in [-0.2, -0.15) is 0 Å². The standard InChI is InChI=1S/C24H30N2O4/c1-28-21-10-4-5-11-22(21)29-14-13-25-15-17(27)16-30-23-12-6-9-20-24(23)18-7-2-3-8-19(18)26-20/h4-6,9-12,17,25-27H,2-3,7-8,13-16H2,1H3/t17-/m1/s1. The molecule has 0 saturated heterocycles. The summed E-state index contributed by atoms with van der Waals surface area (Å²) in [5, 5.41) is 14.7. The van der Waals surface area contributed by atoms with E-state index in [9.17, 15) is 5.11 Å². The Morgan fingerprint density at radius 2 is 1.80 bits per heavy atom. The molecule has 2 aromatic carbocycles. The minimum atomic E-state index is -0.596. The zero-order chi connectivity index (χ0) is 20.8. The molecule has 1 aliphatic rings. The topological polar surface area (TPSA) is 75.7 Å². The molecule has 6 heteroatoms. The molecule has 3 N–H and O–H groups in total. The number of hydrogen-bond donors (Lipinski definition) is 3. The van der Waals surface area contributed by atoms with E-state index in [-0.39, 0.29) is 6.61 Å². The van der Waals surface area contributed by atoms with Crippen molar-refractivity contribution in [3.63, 3.8) is 0 Å². The van der Waals surface area contributed by atoms with Crippen molar-refractivity contribution in [2.45, 2.75) is 31.8 Å². The Bertz CT molecular complexity index is 969. The predicted molar refractivity (Wildman–Crippen MR) is 118 cm³/mol. The molecule has 0 radical (unpaired) electrons. The van der Waals surface area contributed by atoms with E-state index in [0.29, 0.717) is 31.2 Å². The van der Waals surface area contributed by atoms with Gasteiger partial charge in [-0.3, -0.25) is 0 Å². The number of rotatable bonds is 10. The molecule has 6 nitrogen and oxygen atoms in total. The first-order valence-corrected chi connectivity index (χ1v) is 10.7. The molecule has 160 valence electrons. The maximum atomic E-state index is 10.3. The van der Waals surface area contributed by atoms with Gasteiger partial charge in [-0.1, -0.05) is 18.2 Å². The quantitative estimate of drug-likeness (QED) is 0.446. The number of H-pyrrole nitrogens is 1. The monoisotopic (exact) mass is 410 g/mol. The Morgan fingerprint density at radius 1 is 1.00 bits per heavy atom. The molecule has 4 rings (SSSR count). The number of aromatic amines is 1. The van der Waals surface area contributed by atoms with Crippen LogP contribution in [-0.2, 0) is 12.8 Å². The number of aromatic nitrogens is 1. The summed E-state index contributed by atoms with van der Waals surface area (Å²) in [5.74, 6) is 2.28. The molecular weight excluding hydrogens is 380 g/mol. The molecule has 30 heavy (non-hydrogen) atoms. The van der Waals surface area contributed by atoms with Crippen LogP contribution in [0, 0.1) is 0 Å². The van der Waals surface area contributed by atoms with E-state index < -0.39 is 6.10 Å². The number of fused-ring (bicyclic) bond motifs is 3. The summed E-state index contributed by atoms with van der Waals surface area (Å²) in [7, 11) is 1.63. The number of aryl methyl sites for hydroxylation is 2. The third-order valence-electron chi connectivity index (χ3n) is 5.50. The van der Waals surface area contributed by atoms with E-state index in [1.54, 1.807) is 7.11 Å². The van der Waals surface area contributed by atoms with Gasteiger partial charge >= 0.3 is 0 Å². The highest BCUT2D eigenvalue weighted by atomic mass is 16.5. The van der Waals surface area contributed by atoms with E-state index in [1.165, 1.54) is 29.5 Å². The molecule has 0 aliphatic heterocycles. The second-order valence-electron chi connectivity index (χ2n) is 7.64. The van der Waals surface area contributed by atoms with Gasteiger partial charge in [0.05, 0.1) is 7.11 Å². The Kier molecular flexibility index (Phi) is 6.77. The lowest BCUT2D eigenvalue weighted by molar-refractivity contribution is 0.106. The van der Waals surface area contributed by atoms with Crippen LogP contribution in [0.25, 0.3) is 10.9 Å². The van der Waals surface area contributed by atoms with Crippen LogP contribution >= 0.6 is 0 Å². The van der Waals surface area contributed by atoms with Crippen LogP contribution in [0.15, 0.2) is 42.5 Å². The van der Waals surface area contributed by atoms with Gasteiger partial charge in [-0.15, -0.1) is 0 Å². The van der Waals surface area contributed by atoms with Crippen LogP contribution in [0.5, 0.6) is 17.2 Å². The molecule has 0 bridgehead atoms. The Hall–Kier alpha value is -2.70. The fourth-order valence-corrected chi connectivity index (χ4v) is 4.03. The van der Waals surface area contributed by atoms with Crippen molar-refractivity contribution in [3.05, 3.63) is 53.7 Å². The molecule has 0 saturated carbocycles. The lowest BCUT2D eigenvalue weighted by Crippen LogP contribution is -2.33. The first kappa shape index (κ1) is 20.6. The summed E-state index contributed by atoms with van der Waals surface area (Å²) in [4.78, 5) is 3.54. The maximum Gasteiger partial charge on any atom is 0.161 e. The number of methoxy groups -OCH3 is 1. The van der Waals surface area contributed by atoms with Gasteiger partial charge in [-0.05, 0) is 55.5 Å². The molecule has 1 aliphatic carbocycles. The molecule has 1 aromatic heterocycles. The van der Waals surface area contributed by atoms with Gasteiger partial charge in [0.2, 0.25) is 0 Å². The number of ether oxygens (including phenoxy) is 3. The van der Waals surface area contributed by atoms with Crippen molar-refractivity contribution in [1.29, 1.82) is 0 Å². The number of benzene rings is 2. The summed E-state index contributed by atoms with van der Waals surface area (Å²) in [5.41, 5.74) is 3.85. The third kappa shape index (κ3) is 4.71. The van der Waals surface area contributed by atoms with Gasteiger partial charge in [0.25, 0.3) is 0 Å². The fraction of sp³-hybridized carbons (Fsp3) is 0.417. The second kappa shape index (κ2) is 9.87.